The first-order chi connectivity index (χ1) is 12.3. The normalized spacial score (nSPS) is 20.9. The Labute approximate surface area is 151 Å². The van der Waals surface area contributed by atoms with E-state index >= 15 is 0 Å². The van der Waals surface area contributed by atoms with Gasteiger partial charge in [-0.15, -0.1) is 11.3 Å². The Morgan fingerprint density at radius 2 is 2.08 bits per heavy atom. The average molecular weight is 379 g/mol. The third kappa shape index (κ3) is 3.21. The molecule has 4 rings (SSSR count). The van der Waals surface area contributed by atoms with E-state index in [4.69, 9.17) is 0 Å². The van der Waals surface area contributed by atoms with Gasteiger partial charge in [0.25, 0.3) is 0 Å². The Bertz CT molecular complexity index is 929. The van der Waals surface area contributed by atoms with E-state index in [-0.39, 0.29) is 17.7 Å². The van der Waals surface area contributed by atoms with Crippen LogP contribution >= 0.6 is 11.3 Å². The van der Waals surface area contributed by atoms with Crippen molar-refractivity contribution in [1.29, 1.82) is 0 Å². The maximum atomic E-state index is 12.7. The van der Waals surface area contributed by atoms with Crippen LogP contribution in [0, 0.1) is 5.92 Å². The molecule has 0 bridgehead atoms. The lowest BCUT2D eigenvalue weighted by Crippen LogP contribution is -2.28. The van der Waals surface area contributed by atoms with Crippen LogP contribution in [0.5, 0.6) is 0 Å². The highest BCUT2D eigenvalue weighted by Gasteiger charge is 2.46. The topological polar surface area (TPSA) is 57.8 Å². The summed E-state index contributed by atoms with van der Waals surface area (Å²) < 4.78 is 38.1. The summed E-state index contributed by atoms with van der Waals surface area (Å²) in [5.74, 6) is 0.475. The first kappa shape index (κ1) is 17.1. The molecular weight excluding hydrogens is 363 g/mol. The van der Waals surface area contributed by atoms with Gasteiger partial charge in [-0.3, -0.25) is 4.79 Å². The Morgan fingerprint density at radius 3 is 2.77 bits per heavy atom. The molecule has 26 heavy (non-hydrogen) atoms. The van der Waals surface area contributed by atoms with Gasteiger partial charge in [0.15, 0.2) is 0 Å². The predicted molar refractivity (Wildman–Crippen MR) is 92.8 cm³/mol. The Balaban J connectivity index is 1.40. The van der Waals surface area contributed by atoms with Gasteiger partial charge in [0.2, 0.25) is 5.91 Å². The van der Waals surface area contributed by atoms with Gasteiger partial charge in [-0.05, 0) is 37.6 Å². The third-order valence-electron chi connectivity index (χ3n) is 4.58. The van der Waals surface area contributed by atoms with Gasteiger partial charge in [-0.25, -0.2) is 4.98 Å². The van der Waals surface area contributed by atoms with Crippen molar-refractivity contribution in [2.75, 3.05) is 0 Å². The number of carbonyl (C=O) groups excluding carboxylic acids is 1. The first-order valence-electron chi connectivity index (χ1n) is 8.25. The number of alkyl halides is 3. The number of rotatable bonds is 4. The number of halogens is 3. The van der Waals surface area contributed by atoms with Crippen molar-refractivity contribution in [2.45, 2.75) is 31.5 Å². The highest BCUT2D eigenvalue weighted by atomic mass is 32.1. The van der Waals surface area contributed by atoms with Gasteiger partial charge in [0, 0.05) is 16.7 Å². The summed E-state index contributed by atoms with van der Waals surface area (Å²) in [4.78, 5) is 20.0. The predicted octanol–water partition coefficient (Wildman–Crippen LogP) is 4.62. The molecule has 1 unspecified atom stereocenters. The minimum absolute atomic E-state index is 0.0312. The van der Waals surface area contributed by atoms with E-state index in [2.05, 4.69) is 15.3 Å². The van der Waals surface area contributed by atoms with Gasteiger partial charge in [-0.1, -0.05) is 12.1 Å². The van der Waals surface area contributed by atoms with Crippen molar-refractivity contribution in [3.63, 3.8) is 0 Å². The monoisotopic (exact) mass is 379 g/mol. The maximum Gasteiger partial charge on any atom is 0.425 e. The number of amides is 1. The van der Waals surface area contributed by atoms with Crippen molar-refractivity contribution in [3.05, 3.63) is 52.0 Å². The summed E-state index contributed by atoms with van der Waals surface area (Å²) in [5, 5.41) is 2.82. The number of fused-ring (bicyclic) bond motifs is 1. The molecule has 0 radical (unpaired) electrons. The number of imidazole rings is 1. The van der Waals surface area contributed by atoms with E-state index < -0.39 is 17.1 Å². The van der Waals surface area contributed by atoms with Crippen LogP contribution in [0.3, 0.4) is 0 Å². The zero-order valence-electron chi connectivity index (χ0n) is 13.8. The van der Waals surface area contributed by atoms with Crippen LogP contribution in [-0.4, -0.2) is 15.9 Å². The smallest absolute Gasteiger partial charge is 0.349 e. The first-order valence-corrected chi connectivity index (χ1v) is 9.06. The standard InChI is InChI=1S/C18H16F3N3OS/c1-9(14-6-7-15(26-14)18(19,20)21)22-17(25)11-8-10(11)16-23-12-4-2-3-5-13(12)24-16/h2-7,9-11H,8H2,1H3,(H,22,25)(H,23,24)/t9?,10-,11-/m1/s1. The number of benzene rings is 1. The molecule has 1 aliphatic rings. The second-order valence-electron chi connectivity index (χ2n) is 6.52. The molecule has 8 heteroatoms. The SMILES string of the molecule is CC(NC(=O)[C@@H]1C[C@H]1c1nc2ccccc2[nH]1)c1ccc(C(F)(F)F)s1. The number of hydrogen-bond acceptors (Lipinski definition) is 3. The Kier molecular flexibility index (Phi) is 4.02. The van der Waals surface area contributed by atoms with Crippen molar-refractivity contribution >= 4 is 28.3 Å². The molecule has 3 aromatic rings. The van der Waals surface area contributed by atoms with Gasteiger partial charge in [0.1, 0.15) is 10.7 Å². The van der Waals surface area contributed by atoms with Gasteiger partial charge < -0.3 is 10.3 Å². The zero-order chi connectivity index (χ0) is 18.5. The van der Waals surface area contributed by atoms with Crippen LogP contribution in [-0.2, 0) is 11.0 Å². The van der Waals surface area contributed by atoms with E-state index in [9.17, 15) is 18.0 Å². The van der Waals surface area contributed by atoms with E-state index in [1.807, 2.05) is 24.3 Å². The molecule has 4 nitrogen and oxygen atoms in total. The summed E-state index contributed by atoms with van der Waals surface area (Å²) in [7, 11) is 0. The summed E-state index contributed by atoms with van der Waals surface area (Å²) >= 11 is 0.664. The van der Waals surface area contributed by atoms with Gasteiger partial charge >= 0.3 is 6.18 Å². The van der Waals surface area contributed by atoms with Crippen molar-refractivity contribution in [1.82, 2.24) is 15.3 Å². The fraction of sp³-hybridized carbons (Fsp3) is 0.333. The maximum absolute atomic E-state index is 12.7. The molecule has 3 atom stereocenters. The molecule has 2 N–H and O–H groups in total. The van der Waals surface area contributed by atoms with Crippen LogP contribution in [0.15, 0.2) is 36.4 Å². The second kappa shape index (κ2) is 6.12. The fourth-order valence-corrected chi connectivity index (χ4v) is 3.94. The molecular formula is C18H16F3N3OS. The van der Waals surface area contributed by atoms with Crippen molar-refractivity contribution < 1.29 is 18.0 Å². The largest absolute Gasteiger partial charge is 0.425 e. The molecule has 0 saturated heterocycles. The number of aromatic amines is 1. The molecule has 1 aliphatic carbocycles. The number of para-hydroxylation sites is 2. The number of H-pyrrole nitrogens is 1. The van der Waals surface area contributed by atoms with E-state index in [1.54, 1.807) is 6.92 Å². The lowest BCUT2D eigenvalue weighted by Gasteiger charge is -2.12. The van der Waals surface area contributed by atoms with E-state index in [0.29, 0.717) is 22.6 Å². The lowest BCUT2D eigenvalue weighted by molar-refractivity contribution is -0.134. The zero-order valence-corrected chi connectivity index (χ0v) is 14.6. The number of thiophene rings is 1. The van der Waals surface area contributed by atoms with Crippen LogP contribution in [0.4, 0.5) is 13.2 Å². The minimum Gasteiger partial charge on any atom is -0.349 e. The summed E-state index contributed by atoms with van der Waals surface area (Å²) in [6.45, 7) is 1.70. The molecule has 0 aliphatic heterocycles. The van der Waals surface area contributed by atoms with E-state index in [0.717, 1.165) is 22.9 Å². The molecule has 1 amide bonds. The molecule has 0 spiro atoms. The number of aromatic nitrogens is 2. The third-order valence-corrected chi connectivity index (χ3v) is 5.89. The number of nitrogens with one attached hydrogen (secondary N) is 2. The van der Waals surface area contributed by atoms with Crippen LogP contribution in [0.1, 0.15) is 40.9 Å². The van der Waals surface area contributed by atoms with Gasteiger partial charge in [0.05, 0.1) is 17.1 Å². The fourth-order valence-electron chi connectivity index (χ4n) is 3.06. The quantitative estimate of drug-likeness (QED) is 0.695. The Hall–Kier alpha value is -2.35. The molecule has 1 fully saturated rings. The van der Waals surface area contributed by atoms with Crippen LogP contribution in [0.25, 0.3) is 11.0 Å². The molecule has 2 heterocycles. The average Bonchev–Trinajstić information content (AvgIpc) is 3.04. The van der Waals surface area contributed by atoms with Crippen LogP contribution in [0.2, 0.25) is 0 Å². The lowest BCUT2D eigenvalue weighted by atomic mass is 10.2. The Morgan fingerprint density at radius 1 is 1.31 bits per heavy atom. The summed E-state index contributed by atoms with van der Waals surface area (Å²) in [5.41, 5.74) is 1.79. The molecule has 136 valence electrons. The van der Waals surface area contributed by atoms with E-state index in [1.165, 1.54) is 6.07 Å². The minimum atomic E-state index is -4.35. The van der Waals surface area contributed by atoms with Crippen LogP contribution < -0.4 is 5.32 Å². The number of hydrogen-bond donors (Lipinski definition) is 2. The number of nitrogens with zero attached hydrogens (tertiary/aromatic N) is 1. The highest BCUT2D eigenvalue weighted by Crippen LogP contribution is 2.47. The van der Waals surface area contributed by atoms with Crippen molar-refractivity contribution in [3.8, 4) is 0 Å². The van der Waals surface area contributed by atoms with Gasteiger partial charge in [-0.2, -0.15) is 13.2 Å². The summed E-state index contributed by atoms with van der Waals surface area (Å²) in [6, 6.07) is 9.67. The summed E-state index contributed by atoms with van der Waals surface area (Å²) in [6.07, 6.45) is -3.66. The molecule has 1 saturated carbocycles. The molecule has 1 aromatic carbocycles. The second-order valence-corrected chi connectivity index (χ2v) is 7.63. The molecule has 2 aromatic heterocycles. The number of carbonyl (C=O) groups is 1. The van der Waals surface area contributed by atoms with Crippen molar-refractivity contribution in [2.24, 2.45) is 5.92 Å². The highest BCUT2D eigenvalue weighted by molar-refractivity contribution is 7.12.